The highest BCUT2D eigenvalue weighted by Gasteiger charge is 2.06. The first-order chi connectivity index (χ1) is 4.09. The highest BCUT2D eigenvalue weighted by atomic mass is 16.1. The van der Waals surface area contributed by atoms with Crippen LogP contribution in [-0.4, -0.2) is 12.6 Å². The molecule has 9 heavy (non-hydrogen) atoms. The van der Waals surface area contributed by atoms with E-state index in [1.165, 1.54) is 0 Å². The molecule has 0 bridgehead atoms. The molecule has 0 aromatic rings. The van der Waals surface area contributed by atoms with Gasteiger partial charge in [0.25, 0.3) is 5.91 Å². The van der Waals surface area contributed by atoms with Crippen molar-refractivity contribution in [3.63, 3.8) is 0 Å². The van der Waals surface area contributed by atoms with Crippen LogP contribution in [0.5, 0.6) is 0 Å². The van der Waals surface area contributed by atoms with Crippen molar-refractivity contribution >= 4 is 12.6 Å². The van der Waals surface area contributed by atoms with E-state index in [1.54, 1.807) is 0 Å². The van der Waals surface area contributed by atoms with E-state index in [9.17, 15) is 4.79 Å². The van der Waals surface area contributed by atoms with Crippen LogP contribution in [0.25, 0.3) is 0 Å². The molecule has 0 radical (unpaired) electrons. The van der Waals surface area contributed by atoms with E-state index in [0.29, 0.717) is 5.57 Å². The summed E-state index contributed by atoms with van der Waals surface area (Å²) in [6.07, 6.45) is 0. The minimum absolute atomic E-state index is 0.169. The van der Waals surface area contributed by atoms with Gasteiger partial charge in [0.05, 0.1) is 0 Å². The normalized spacial score (nSPS) is 9.22. The number of hydrogen-bond donors (Lipinski definition) is 0. The van der Waals surface area contributed by atoms with E-state index in [2.05, 4.69) is 18.3 Å². The lowest BCUT2D eigenvalue weighted by atomic mass is 10.1. The molecule has 0 heterocycles. The van der Waals surface area contributed by atoms with Crippen LogP contribution >= 0.6 is 0 Å². The third kappa shape index (κ3) is 2.22. The SMILES string of the molecule is C=NC(=O)C(=C)C(C)C. The van der Waals surface area contributed by atoms with E-state index in [1.807, 2.05) is 13.8 Å². The van der Waals surface area contributed by atoms with Crippen molar-refractivity contribution in [1.29, 1.82) is 0 Å². The number of amides is 1. The Kier molecular flexibility index (Phi) is 2.85. The van der Waals surface area contributed by atoms with Gasteiger partial charge in [0.1, 0.15) is 0 Å². The van der Waals surface area contributed by atoms with Gasteiger partial charge < -0.3 is 0 Å². The first-order valence-electron chi connectivity index (χ1n) is 2.79. The summed E-state index contributed by atoms with van der Waals surface area (Å²) in [7, 11) is 0. The molecule has 0 fully saturated rings. The summed E-state index contributed by atoms with van der Waals surface area (Å²) in [4.78, 5) is 13.8. The number of nitrogens with zero attached hydrogens (tertiary/aromatic N) is 1. The molecule has 0 N–H and O–H groups in total. The Balaban J connectivity index is 4.04. The molecule has 0 unspecified atom stereocenters. The van der Waals surface area contributed by atoms with E-state index in [-0.39, 0.29) is 11.8 Å². The van der Waals surface area contributed by atoms with Gasteiger partial charge in [-0.2, -0.15) is 0 Å². The molecule has 0 rings (SSSR count). The molecule has 50 valence electrons. The molecular formula is C7H11NO. The van der Waals surface area contributed by atoms with Gasteiger partial charge >= 0.3 is 0 Å². The summed E-state index contributed by atoms with van der Waals surface area (Å²) < 4.78 is 0. The smallest absolute Gasteiger partial charge is 0.267 e. The Hall–Kier alpha value is -0.920. The Morgan fingerprint density at radius 3 is 2.11 bits per heavy atom. The van der Waals surface area contributed by atoms with Gasteiger partial charge in [-0.05, 0) is 12.6 Å². The van der Waals surface area contributed by atoms with E-state index in [4.69, 9.17) is 0 Å². The zero-order valence-corrected chi connectivity index (χ0v) is 5.85. The molecule has 0 aromatic carbocycles. The highest BCUT2D eigenvalue weighted by Crippen LogP contribution is 2.06. The van der Waals surface area contributed by atoms with Crippen molar-refractivity contribution < 1.29 is 4.79 Å². The third-order valence-corrected chi connectivity index (χ3v) is 1.12. The molecule has 2 nitrogen and oxygen atoms in total. The van der Waals surface area contributed by atoms with Gasteiger partial charge in [-0.25, -0.2) is 4.99 Å². The van der Waals surface area contributed by atoms with Crippen LogP contribution in [0, 0.1) is 5.92 Å². The van der Waals surface area contributed by atoms with Crippen LogP contribution < -0.4 is 0 Å². The average molecular weight is 125 g/mol. The summed E-state index contributed by atoms with van der Waals surface area (Å²) in [5.41, 5.74) is 0.519. The predicted octanol–water partition coefficient (Wildman–Crippen LogP) is 1.43. The number of carbonyl (C=O) groups is 1. The van der Waals surface area contributed by atoms with Crippen LogP contribution in [0.3, 0.4) is 0 Å². The van der Waals surface area contributed by atoms with E-state index in [0.717, 1.165) is 0 Å². The Morgan fingerprint density at radius 1 is 1.56 bits per heavy atom. The molecule has 0 atom stereocenters. The fraction of sp³-hybridized carbons (Fsp3) is 0.429. The summed E-state index contributed by atoms with van der Waals surface area (Å²) in [5, 5.41) is 0. The Bertz CT molecular complexity index is 147. The number of carbonyl (C=O) groups excluding carboxylic acids is 1. The molecule has 0 aromatic heterocycles. The van der Waals surface area contributed by atoms with Crippen molar-refractivity contribution in [2.45, 2.75) is 13.8 Å². The monoisotopic (exact) mass is 125 g/mol. The third-order valence-electron chi connectivity index (χ3n) is 1.12. The first-order valence-corrected chi connectivity index (χ1v) is 2.79. The summed E-state index contributed by atoms with van der Waals surface area (Å²) in [6, 6.07) is 0. The maximum Gasteiger partial charge on any atom is 0.271 e. The van der Waals surface area contributed by atoms with Crippen molar-refractivity contribution in [2.75, 3.05) is 0 Å². The molecule has 2 heteroatoms. The van der Waals surface area contributed by atoms with Crippen LogP contribution in [-0.2, 0) is 4.79 Å². The van der Waals surface area contributed by atoms with Crippen molar-refractivity contribution in [3.8, 4) is 0 Å². The lowest BCUT2D eigenvalue weighted by Crippen LogP contribution is -2.02. The van der Waals surface area contributed by atoms with Crippen LogP contribution in [0.1, 0.15) is 13.8 Å². The minimum Gasteiger partial charge on any atom is -0.267 e. The highest BCUT2D eigenvalue weighted by molar-refractivity contribution is 5.95. The van der Waals surface area contributed by atoms with Gasteiger partial charge in [-0.15, -0.1) is 0 Å². The van der Waals surface area contributed by atoms with E-state index < -0.39 is 0 Å². The summed E-state index contributed by atoms with van der Waals surface area (Å²) >= 11 is 0. The standard InChI is InChI=1S/C7H11NO/c1-5(2)6(3)7(9)8-4/h5H,3-4H2,1-2H3. The maximum absolute atomic E-state index is 10.6. The van der Waals surface area contributed by atoms with Gasteiger partial charge in [0.15, 0.2) is 0 Å². The molecule has 1 amide bonds. The quantitative estimate of drug-likeness (QED) is 0.405. The maximum atomic E-state index is 10.6. The number of rotatable bonds is 2. The lowest BCUT2D eigenvalue weighted by Gasteiger charge is -2.01. The molecule has 0 aliphatic carbocycles. The molecule has 0 spiro atoms. The second kappa shape index (κ2) is 3.17. The Morgan fingerprint density at radius 2 is 2.00 bits per heavy atom. The van der Waals surface area contributed by atoms with Crippen LogP contribution in [0.2, 0.25) is 0 Å². The van der Waals surface area contributed by atoms with Crippen LogP contribution in [0.4, 0.5) is 0 Å². The fourth-order valence-corrected chi connectivity index (χ4v) is 0.348. The second-order valence-electron chi connectivity index (χ2n) is 2.14. The van der Waals surface area contributed by atoms with Crippen LogP contribution in [0.15, 0.2) is 17.1 Å². The van der Waals surface area contributed by atoms with Crippen molar-refractivity contribution in [1.82, 2.24) is 0 Å². The zero-order chi connectivity index (χ0) is 7.44. The average Bonchev–Trinajstić information content (AvgIpc) is 1.84. The minimum atomic E-state index is -0.301. The fourth-order valence-electron chi connectivity index (χ4n) is 0.348. The Labute approximate surface area is 55.3 Å². The second-order valence-corrected chi connectivity index (χ2v) is 2.14. The summed E-state index contributed by atoms with van der Waals surface area (Å²) in [5.74, 6) is -0.131. The van der Waals surface area contributed by atoms with Gasteiger partial charge in [0.2, 0.25) is 0 Å². The predicted molar refractivity (Wildman–Crippen MR) is 38.5 cm³/mol. The molecule has 0 saturated heterocycles. The number of hydrogen-bond acceptors (Lipinski definition) is 1. The first kappa shape index (κ1) is 8.08. The van der Waals surface area contributed by atoms with E-state index >= 15 is 0 Å². The molecule has 0 aliphatic heterocycles. The van der Waals surface area contributed by atoms with Gasteiger partial charge in [0, 0.05) is 5.57 Å². The zero-order valence-electron chi connectivity index (χ0n) is 5.85. The molecular weight excluding hydrogens is 114 g/mol. The molecule has 0 aliphatic rings. The largest absolute Gasteiger partial charge is 0.271 e. The lowest BCUT2D eigenvalue weighted by molar-refractivity contribution is -0.114. The van der Waals surface area contributed by atoms with Gasteiger partial charge in [-0.3, -0.25) is 4.79 Å². The topological polar surface area (TPSA) is 29.4 Å². The van der Waals surface area contributed by atoms with Gasteiger partial charge in [-0.1, -0.05) is 20.4 Å². The number of aliphatic imine (C=N–C) groups is 1. The van der Waals surface area contributed by atoms with Crippen molar-refractivity contribution in [2.24, 2.45) is 10.9 Å². The summed E-state index contributed by atoms with van der Waals surface area (Å²) in [6.45, 7) is 10.4. The van der Waals surface area contributed by atoms with Crippen molar-refractivity contribution in [3.05, 3.63) is 12.2 Å². The molecule has 0 saturated carbocycles.